The van der Waals surface area contributed by atoms with Crippen molar-refractivity contribution in [3.63, 3.8) is 0 Å². The zero-order valence-electron chi connectivity index (χ0n) is 11.6. The molecular formula is C13H22ClN3. The Balaban J connectivity index is 3.34. The third-order valence-electron chi connectivity index (χ3n) is 2.79. The molecule has 0 aliphatic heterocycles. The van der Waals surface area contributed by atoms with Crippen LogP contribution in [0.5, 0.6) is 0 Å². The van der Waals surface area contributed by atoms with E-state index in [1.54, 1.807) is 0 Å². The SMILES string of the molecule is CCN(CC)c1nc(C(C)(C)C)nc(Cl)c1C. The zero-order chi connectivity index (χ0) is 13.2. The number of aromatic nitrogens is 2. The van der Waals surface area contributed by atoms with Crippen LogP contribution in [0.2, 0.25) is 5.15 Å². The summed E-state index contributed by atoms with van der Waals surface area (Å²) in [6.45, 7) is 14.4. The summed E-state index contributed by atoms with van der Waals surface area (Å²) in [7, 11) is 0. The van der Waals surface area contributed by atoms with E-state index in [-0.39, 0.29) is 5.41 Å². The first-order valence-electron chi connectivity index (χ1n) is 6.10. The molecule has 1 aromatic rings. The van der Waals surface area contributed by atoms with E-state index in [9.17, 15) is 0 Å². The lowest BCUT2D eigenvalue weighted by atomic mass is 9.95. The summed E-state index contributed by atoms with van der Waals surface area (Å²) in [4.78, 5) is 11.3. The van der Waals surface area contributed by atoms with Crippen LogP contribution in [0, 0.1) is 6.92 Å². The van der Waals surface area contributed by atoms with Crippen LogP contribution >= 0.6 is 11.6 Å². The van der Waals surface area contributed by atoms with Crippen molar-refractivity contribution in [2.24, 2.45) is 0 Å². The molecule has 0 amide bonds. The number of nitrogens with zero attached hydrogens (tertiary/aromatic N) is 3. The minimum absolute atomic E-state index is 0.0841. The Labute approximate surface area is 109 Å². The van der Waals surface area contributed by atoms with Crippen molar-refractivity contribution in [3.8, 4) is 0 Å². The van der Waals surface area contributed by atoms with Crippen molar-refractivity contribution in [3.05, 3.63) is 16.5 Å². The fraction of sp³-hybridized carbons (Fsp3) is 0.692. The Morgan fingerprint density at radius 1 is 1.12 bits per heavy atom. The van der Waals surface area contributed by atoms with Crippen LogP contribution < -0.4 is 4.90 Å². The van der Waals surface area contributed by atoms with Crippen molar-refractivity contribution in [1.29, 1.82) is 0 Å². The van der Waals surface area contributed by atoms with Crippen molar-refractivity contribution in [1.82, 2.24) is 9.97 Å². The standard InChI is InChI=1S/C13H22ClN3/c1-7-17(8-2)11-9(3)10(14)15-12(16-11)13(4,5)6/h7-8H2,1-6H3. The Morgan fingerprint density at radius 3 is 2.06 bits per heavy atom. The van der Waals surface area contributed by atoms with Crippen LogP contribution in [0.25, 0.3) is 0 Å². The summed E-state index contributed by atoms with van der Waals surface area (Å²) in [6, 6.07) is 0. The third kappa shape index (κ3) is 3.09. The van der Waals surface area contributed by atoms with Gasteiger partial charge in [-0.1, -0.05) is 32.4 Å². The van der Waals surface area contributed by atoms with Gasteiger partial charge in [0.05, 0.1) is 0 Å². The molecule has 0 N–H and O–H groups in total. The molecule has 96 valence electrons. The van der Waals surface area contributed by atoms with Gasteiger partial charge >= 0.3 is 0 Å². The number of hydrogen-bond donors (Lipinski definition) is 0. The fourth-order valence-corrected chi connectivity index (χ4v) is 1.81. The molecule has 0 aliphatic rings. The average Bonchev–Trinajstić information content (AvgIpc) is 2.24. The summed E-state index contributed by atoms with van der Waals surface area (Å²) in [5.74, 6) is 1.76. The van der Waals surface area contributed by atoms with Gasteiger partial charge in [-0.25, -0.2) is 9.97 Å². The van der Waals surface area contributed by atoms with E-state index in [1.807, 2.05) is 6.92 Å². The van der Waals surface area contributed by atoms with Gasteiger partial charge in [-0.2, -0.15) is 0 Å². The van der Waals surface area contributed by atoms with Gasteiger partial charge in [0.2, 0.25) is 0 Å². The monoisotopic (exact) mass is 255 g/mol. The largest absolute Gasteiger partial charge is 0.357 e. The van der Waals surface area contributed by atoms with Crippen molar-refractivity contribution < 1.29 is 0 Å². The molecule has 0 fully saturated rings. The predicted molar refractivity (Wildman–Crippen MR) is 74.0 cm³/mol. The molecule has 1 rings (SSSR count). The predicted octanol–water partition coefficient (Wildman–Crippen LogP) is 3.58. The molecule has 0 bridgehead atoms. The smallest absolute Gasteiger partial charge is 0.137 e. The zero-order valence-corrected chi connectivity index (χ0v) is 12.4. The Morgan fingerprint density at radius 2 is 1.65 bits per heavy atom. The van der Waals surface area contributed by atoms with Gasteiger partial charge in [-0.15, -0.1) is 0 Å². The maximum absolute atomic E-state index is 6.21. The van der Waals surface area contributed by atoms with Crippen LogP contribution in [0.3, 0.4) is 0 Å². The maximum Gasteiger partial charge on any atom is 0.137 e. The summed E-state index contributed by atoms with van der Waals surface area (Å²) in [6.07, 6.45) is 0. The topological polar surface area (TPSA) is 29.0 Å². The van der Waals surface area contributed by atoms with Gasteiger partial charge in [-0.3, -0.25) is 0 Å². The van der Waals surface area contributed by atoms with E-state index in [0.717, 1.165) is 30.3 Å². The van der Waals surface area contributed by atoms with E-state index in [0.29, 0.717) is 5.15 Å². The highest BCUT2D eigenvalue weighted by Gasteiger charge is 2.22. The van der Waals surface area contributed by atoms with E-state index in [2.05, 4.69) is 49.5 Å². The molecule has 17 heavy (non-hydrogen) atoms. The van der Waals surface area contributed by atoms with Crippen LogP contribution in [-0.2, 0) is 5.41 Å². The van der Waals surface area contributed by atoms with Crippen molar-refractivity contribution in [2.45, 2.75) is 47.0 Å². The summed E-state index contributed by atoms with van der Waals surface area (Å²) in [5, 5.41) is 0.562. The Kier molecular flexibility index (Phi) is 4.36. The van der Waals surface area contributed by atoms with E-state index in [4.69, 9.17) is 11.6 Å². The van der Waals surface area contributed by atoms with Crippen LogP contribution in [-0.4, -0.2) is 23.1 Å². The summed E-state index contributed by atoms with van der Waals surface area (Å²) < 4.78 is 0. The second-order valence-electron chi connectivity index (χ2n) is 5.21. The lowest BCUT2D eigenvalue weighted by Gasteiger charge is -2.25. The fourth-order valence-electron chi connectivity index (χ4n) is 1.64. The summed E-state index contributed by atoms with van der Waals surface area (Å²) in [5.41, 5.74) is 0.877. The summed E-state index contributed by atoms with van der Waals surface area (Å²) >= 11 is 6.21. The van der Waals surface area contributed by atoms with Gasteiger partial charge in [0, 0.05) is 24.1 Å². The molecule has 0 aromatic carbocycles. The highest BCUT2D eigenvalue weighted by Crippen LogP contribution is 2.28. The minimum Gasteiger partial charge on any atom is -0.357 e. The quantitative estimate of drug-likeness (QED) is 0.773. The molecule has 1 aromatic heterocycles. The lowest BCUT2D eigenvalue weighted by molar-refractivity contribution is 0.543. The van der Waals surface area contributed by atoms with Crippen molar-refractivity contribution >= 4 is 17.4 Å². The molecule has 1 heterocycles. The first-order chi connectivity index (χ1) is 7.81. The Bertz CT molecular complexity index is 392. The van der Waals surface area contributed by atoms with E-state index < -0.39 is 0 Å². The molecule has 0 radical (unpaired) electrons. The Hall–Kier alpha value is -0.830. The average molecular weight is 256 g/mol. The second kappa shape index (κ2) is 5.21. The lowest BCUT2D eigenvalue weighted by Crippen LogP contribution is -2.26. The number of halogens is 1. The van der Waals surface area contributed by atoms with Crippen molar-refractivity contribution in [2.75, 3.05) is 18.0 Å². The first-order valence-corrected chi connectivity index (χ1v) is 6.48. The van der Waals surface area contributed by atoms with E-state index in [1.165, 1.54) is 0 Å². The van der Waals surface area contributed by atoms with Gasteiger partial charge in [0.1, 0.15) is 16.8 Å². The van der Waals surface area contributed by atoms with Gasteiger partial charge in [0.15, 0.2) is 0 Å². The van der Waals surface area contributed by atoms with Gasteiger partial charge in [0.25, 0.3) is 0 Å². The molecule has 0 atom stereocenters. The van der Waals surface area contributed by atoms with E-state index >= 15 is 0 Å². The van der Waals surface area contributed by atoms with Crippen LogP contribution in [0.4, 0.5) is 5.82 Å². The van der Waals surface area contributed by atoms with Gasteiger partial charge in [-0.05, 0) is 20.8 Å². The van der Waals surface area contributed by atoms with Gasteiger partial charge < -0.3 is 4.90 Å². The molecule has 4 heteroatoms. The molecule has 3 nitrogen and oxygen atoms in total. The second-order valence-corrected chi connectivity index (χ2v) is 5.57. The molecular weight excluding hydrogens is 234 g/mol. The number of hydrogen-bond acceptors (Lipinski definition) is 3. The number of rotatable bonds is 3. The van der Waals surface area contributed by atoms with Crippen LogP contribution in [0.15, 0.2) is 0 Å². The minimum atomic E-state index is -0.0841. The molecule has 0 saturated carbocycles. The normalized spacial score (nSPS) is 11.7. The maximum atomic E-state index is 6.21. The molecule has 0 spiro atoms. The molecule has 0 unspecified atom stereocenters. The molecule has 0 aliphatic carbocycles. The van der Waals surface area contributed by atoms with Crippen LogP contribution in [0.1, 0.15) is 46.0 Å². The highest BCUT2D eigenvalue weighted by molar-refractivity contribution is 6.30. The number of anilines is 1. The third-order valence-corrected chi connectivity index (χ3v) is 3.16. The first kappa shape index (κ1) is 14.2. The molecule has 0 saturated heterocycles. The highest BCUT2D eigenvalue weighted by atomic mass is 35.5.